The molecule has 0 spiro atoms. The second kappa shape index (κ2) is 8.34. The van der Waals surface area contributed by atoms with E-state index in [-0.39, 0.29) is 5.91 Å². The number of likely N-dealkylation sites (tertiary alicyclic amines) is 1. The Hall–Kier alpha value is -3.87. The normalized spacial score (nSPS) is 15.8. The van der Waals surface area contributed by atoms with Gasteiger partial charge in [-0.05, 0) is 61.7 Å². The molecule has 7 heteroatoms. The predicted molar refractivity (Wildman–Crippen MR) is 122 cm³/mol. The molecule has 32 heavy (non-hydrogen) atoms. The maximum absolute atomic E-state index is 13.2. The lowest BCUT2D eigenvalue weighted by Gasteiger charge is -2.17. The van der Waals surface area contributed by atoms with Crippen molar-refractivity contribution in [3.63, 3.8) is 0 Å². The number of nitrogens with zero attached hydrogens (tertiary/aromatic N) is 5. The van der Waals surface area contributed by atoms with Gasteiger partial charge in [0.1, 0.15) is 5.69 Å². The van der Waals surface area contributed by atoms with Gasteiger partial charge >= 0.3 is 0 Å². The first kappa shape index (κ1) is 20.1. The zero-order chi connectivity index (χ0) is 22.1. The minimum atomic E-state index is 0.0162. The number of imidazole rings is 1. The first-order valence-electron chi connectivity index (χ1n) is 10.7. The summed E-state index contributed by atoms with van der Waals surface area (Å²) in [6.07, 6.45) is 9.75. The number of carbonyl (C=O) groups excluding carboxylic acids is 1. The number of H-pyrrole nitrogens is 1. The molecular formula is C25H24N6O. The molecule has 1 N–H and O–H groups in total. The van der Waals surface area contributed by atoms with Crippen molar-refractivity contribution in [1.29, 1.82) is 0 Å². The van der Waals surface area contributed by atoms with Crippen LogP contribution in [0.2, 0.25) is 0 Å². The highest BCUT2D eigenvalue weighted by Gasteiger charge is 2.28. The van der Waals surface area contributed by atoms with Gasteiger partial charge < -0.3 is 9.88 Å². The Morgan fingerprint density at radius 2 is 1.88 bits per heavy atom. The van der Waals surface area contributed by atoms with Crippen LogP contribution in [0.25, 0.3) is 22.6 Å². The number of aryl methyl sites for hydroxylation is 2. The number of aromatic amines is 1. The summed E-state index contributed by atoms with van der Waals surface area (Å²) >= 11 is 0. The van der Waals surface area contributed by atoms with Crippen LogP contribution in [0.15, 0.2) is 61.3 Å². The number of rotatable bonds is 4. The molecule has 1 atom stereocenters. The van der Waals surface area contributed by atoms with Crippen molar-refractivity contribution < 1.29 is 4.79 Å². The topological polar surface area (TPSA) is 87.7 Å². The van der Waals surface area contributed by atoms with Gasteiger partial charge in [-0.25, -0.2) is 4.98 Å². The van der Waals surface area contributed by atoms with Crippen molar-refractivity contribution in [2.75, 3.05) is 13.1 Å². The van der Waals surface area contributed by atoms with E-state index in [1.807, 2.05) is 61.5 Å². The van der Waals surface area contributed by atoms with Crippen LogP contribution < -0.4 is 0 Å². The standard InChI is InChI=1S/C25H24N6O/c1-16-17(2)30-24(29-16)23-12-19(5-9-28-23)21-11-22(14-27-13-21)25(32)31-10-6-20(15-31)18-3-7-26-8-4-18/h3-5,7-9,11-14,20H,6,10,15H2,1-2H3,(H,29,30). The van der Waals surface area contributed by atoms with Crippen molar-refractivity contribution in [3.05, 3.63) is 83.8 Å². The van der Waals surface area contributed by atoms with Gasteiger partial charge in [0.05, 0.1) is 11.3 Å². The third-order valence-corrected chi connectivity index (χ3v) is 6.10. The summed E-state index contributed by atoms with van der Waals surface area (Å²) in [7, 11) is 0. The van der Waals surface area contributed by atoms with E-state index >= 15 is 0 Å². The molecule has 0 aromatic carbocycles. The molecule has 0 bridgehead atoms. The van der Waals surface area contributed by atoms with Crippen molar-refractivity contribution >= 4 is 5.91 Å². The van der Waals surface area contributed by atoms with Crippen molar-refractivity contribution in [3.8, 4) is 22.6 Å². The Kier molecular flexibility index (Phi) is 5.23. The summed E-state index contributed by atoms with van der Waals surface area (Å²) in [5.74, 6) is 1.10. The van der Waals surface area contributed by atoms with E-state index < -0.39 is 0 Å². The van der Waals surface area contributed by atoms with Crippen molar-refractivity contribution in [1.82, 2.24) is 29.8 Å². The molecule has 0 saturated carbocycles. The lowest BCUT2D eigenvalue weighted by atomic mass is 10.00. The molecule has 5 heterocycles. The van der Waals surface area contributed by atoms with Crippen molar-refractivity contribution in [2.45, 2.75) is 26.2 Å². The molecule has 5 rings (SSSR count). The number of hydrogen-bond donors (Lipinski definition) is 1. The molecule has 1 amide bonds. The number of amides is 1. The molecule has 1 saturated heterocycles. The summed E-state index contributed by atoms with van der Waals surface area (Å²) in [6.45, 7) is 5.42. The van der Waals surface area contributed by atoms with E-state index in [1.165, 1.54) is 5.56 Å². The zero-order valence-electron chi connectivity index (χ0n) is 18.1. The smallest absolute Gasteiger partial charge is 0.255 e. The highest BCUT2D eigenvalue weighted by atomic mass is 16.2. The lowest BCUT2D eigenvalue weighted by molar-refractivity contribution is 0.0790. The van der Waals surface area contributed by atoms with Gasteiger partial charge in [-0.1, -0.05) is 0 Å². The second-order valence-corrected chi connectivity index (χ2v) is 8.21. The first-order chi connectivity index (χ1) is 15.6. The van der Waals surface area contributed by atoms with Crippen LogP contribution >= 0.6 is 0 Å². The zero-order valence-corrected chi connectivity index (χ0v) is 18.1. The monoisotopic (exact) mass is 424 g/mol. The Morgan fingerprint density at radius 3 is 2.66 bits per heavy atom. The number of hydrogen-bond acceptors (Lipinski definition) is 5. The fraction of sp³-hybridized carbons (Fsp3) is 0.240. The average molecular weight is 425 g/mol. The SMILES string of the molecule is Cc1nc(-c2cc(-c3cncc(C(=O)N4CCC(c5ccncc5)C4)c3)ccn2)[nH]c1C. The van der Waals surface area contributed by atoms with E-state index in [2.05, 4.69) is 24.9 Å². The molecule has 1 aliphatic rings. The minimum absolute atomic E-state index is 0.0162. The van der Waals surface area contributed by atoms with Crippen LogP contribution in [-0.4, -0.2) is 48.8 Å². The fourth-order valence-electron chi connectivity index (χ4n) is 4.16. The largest absolute Gasteiger partial charge is 0.341 e. The van der Waals surface area contributed by atoms with E-state index in [0.717, 1.165) is 47.0 Å². The number of aromatic nitrogens is 5. The van der Waals surface area contributed by atoms with Gasteiger partial charge in [0.15, 0.2) is 5.82 Å². The number of carbonyl (C=O) groups is 1. The van der Waals surface area contributed by atoms with Gasteiger partial charge in [0.25, 0.3) is 5.91 Å². The van der Waals surface area contributed by atoms with Crippen LogP contribution in [0.1, 0.15) is 39.6 Å². The van der Waals surface area contributed by atoms with Crippen molar-refractivity contribution in [2.24, 2.45) is 0 Å². The van der Waals surface area contributed by atoms with Crippen LogP contribution in [0.4, 0.5) is 0 Å². The third kappa shape index (κ3) is 3.89. The maximum atomic E-state index is 13.2. The Morgan fingerprint density at radius 1 is 1.03 bits per heavy atom. The van der Waals surface area contributed by atoms with Gasteiger partial charge in [-0.3, -0.25) is 19.7 Å². The molecule has 160 valence electrons. The lowest BCUT2D eigenvalue weighted by Crippen LogP contribution is -2.28. The molecular weight excluding hydrogens is 400 g/mol. The molecule has 4 aromatic heterocycles. The molecule has 7 nitrogen and oxygen atoms in total. The summed E-state index contributed by atoms with van der Waals surface area (Å²) in [6, 6.07) is 9.87. The molecule has 1 unspecified atom stereocenters. The Labute approximate surface area is 186 Å². The number of nitrogens with one attached hydrogen (secondary N) is 1. The average Bonchev–Trinajstić information content (AvgIpc) is 3.46. The van der Waals surface area contributed by atoms with E-state index in [9.17, 15) is 4.79 Å². The maximum Gasteiger partial charge on any atom is 0.255 e. The summed E-state index contributed by atoms with van der Waals surface area (Å²) < 4.78 is 0. The molecule has 0 aliphatic carbocycles. The second-order valence-electron chi connectivity index (χ2n) is 8.21. The molecule has 4 aromatic rings. The first-order valence-corrected chi connectivity index (χ1v) is 10.7. The van der Waals surface area contributed by atoms with Gasteiger partial charge in [0.2, 0.25) is 0 Å². The van der Waals surface area contributed by atoms with Crippen LogP contribution in [0, 0.1) is 13.8 Å². The molecule has 1 aliphatic heterocycles. The van der Waals surface area contributed by atoms with Gasteiger partial charge in [-0.2, -0.15) is 0 Å². The van der Waals surface area contributed by atoms with Gasteiger partial charge in [0, 0.05) is 61.2 Å². The predicted octanol–water partition coefficient (Wildman–Crippen LogP) is 4.18. The molecule has 0 radical (unpaired) electrons. The minimum Gasteiger partial charge on any atom is -0.341 e. The van der Waals surface area contributed by atoms with E-state index in [0.29, 0.717) is 18.0 Å². The Bertz CT molecular complexity index is 1250. The van der Waals surface area contributed by atoms with Crippen LogP contribution in [0.5, 0.6) is 0 Å². The molecule has 1 fully saturated rings. The summed E-state index contributed by atoms with van der Waals surface area (Å²) in [5.41, 5.74) is 6.39. The highest BCUT2D eigenvalue weighted by Crippen LogP contribution is 2.29. The van der Waals surface area contributed by atoms with Gasteiger partial charge in [-0.15, -0.1) is 0 Å². The highest BCUT2D eigenvalue weighted by molar-refractivity contribution is 5.95. The van der Waals surface area contributed by atoms with Crippen LogP contribution in [-0.2, 0) is 0 Å². The summed E-state index contributed by atoms with van der Waals surface area (Å²) in [5, 5.41) is 0. The quantitative estimate of drug-likeness (QED) is 0.531. The van der Waals surface area contributed by atoms with Crippen LogP contribution in [0.3, 0.4) is 0 Å². The third-order valence-electron chi connectivity index (χ3n) is 6.10. The Balaban J connectivity index is 1.37. The van der Waals surface area contributed by atoms with E-state index in [4.69, 9.17) is 0 Å². The summed E-state index contributed by atoms with van der Waals surface area (Å²) in [4.78, 5) is 35.8. The fourth-order valence-corrected chi connectivity index (χ4v) is 4.16. The van der Waals surface area contributed by atoms with E-state index in [1.54, 1.807) is 18.6 Å². The number of pyridine rings is 3.